The summed E-state index contributed by atoms with van der Waals surface area (Å²) < 4.78 is 0. The minimum Gasteiger partial charge on any atom is -0.478 e. The van der Waals surface area contributed by atoms with Gasteiger partial charge in [0.2, 0.25) is 0 Å². The molecule has 3 nitrogen and oxygen atoms in total. The van der Waals surface area contributed by atoms with Crippen molar-refractivity contribution in [3.63, 3.8) is 0 Å². The molecule has 0 aromatic heterocycles. The molecule has 0 aliphatic heterocycles. The third-order valence-electron chi connectivity index (χ3n) is 2.83. The molecule has 0 heterocycles. The molecule has 1 N–H and O–H groups in total. The van der Waals surface area contributed by atoms with Crippen molar-refractivity contribution >= 4 is 17.7 Å². The van der Waals surface area contributed by atoms with E-state index in [1.807, 2.05) is 19.2 Å². The maximum absolute atomic E-state index is 11.1. The Kier molecular flexibility index (Phi) is 5.51. The van der Waals surface area contributed by atoms with Crippen LogP contribution in [0.1, 0.15) is 22.8 Å². The van der Waals surface area contributed by atoms with E-state index >= 15 is 0 Å². The molecule has 0 saturated carbocycles. The number of hydrogen-bond donors (Lipinski definition) is 1. The minimum atomic E-state index is -0.855. The van der Waals surface area contributed by atoms with Crippen LogP contribution in [0.4, 0.5) is 0 Å². The van der Waals surface area contributed by atoms with E-state index in [0.717, 1.165) is 11.3 Å². The van der Waals surface area contributed by atoms with Gasteiger partial charge in [-0.2, -0.15) is 11.8 Å². The smallest absolute Gasteiger partial charge is 0.336 e. The lowest BCUT2D eigenvalue weighted by Crippen LogP contribution is -2.31. The van der Waals surface area contributed by atoms with Gasteiger partial charge in [-0.1, -0.05) is 18.2 Å². The normalized spacial score (nSPS) is 12.7. The molecule has 0 aliphatic carbocycles. The molecule has 0 radical (unpaired) electrons. The fraction of sp³-hybridized carbons (Fsp3) is 0.462. The maximum Gasteiger partial charge on any atom is 0.336 e. The summed E-state index contributed by atoms with van der Waals surface area (Å²) in [5.74, 6) is 0.192. The number of nitrogens with zero attached hydrogens (tertiary/aromatic N) is 1. The first-order valence-corrected chi connectivity index (χ1v) is 6.96. The fourth-order valence-electron chi connectivity index (χ4n) is 1.66. The molecule has 1 aromatic rings. The van der Waals surface area contributed by atoms with Crippen LogP contribution in [-0.4, -0.2) is 41.1 Å². The highest BCUT2D eigenvalue weighted by Gasteiger charge is 2.13. The molecule has 17 heavy (non-hydrogen) atoms. The van der Waals surface area contributed by atoms with E-state index in [-0.39, 0.29) is 0 Å². The van der Waals surface area contributed by atoms with E-state index in [2.05, 4.69) is 18.1 Å². The van der Waals surface area contributed by atoms with E-state index in [1.54, 1.807) is 23.9 Å². The summed E-state index contributed by atoms with van der Waals surface area (Å²) in [6.07, 6.45) is 2.08. The van der Waals surface area contributed by atoms with Gasteiger partial charge in [-0.3, -0.25) is 4.90 Å². The average molecular weight is 253 g/mol. The Morgan fingerprint density at radius 1 is 1.47 bits per heavy atom. The molecule has 1 aromatic carbocycles. The third kappa shape index (κ3) is 4.06. The van der Waals surface area contributed by atoms with Crippen LogP contribution < -0.4 is 0 Å². The van der Waals surface area contributed by atoms with Crippen LogP contribution in [0.2, 0.25) is 0 Å². The number of carboxylic acid groups (broad SMARTS) is 1. The van der Waals surface area contributed by atoms with Crippen LogP contribution in [0.25, 0.3) is 0 Å². The zero-order chi connectivity index (χ0) is 12.8. The first kappa shape index (κ1) is 14.1. The summed E-state index contributed by atoms with van der Waals surface area (Å²) in [6, 6.07) is 7.62. The van der Waals surface area contributed by atoms with Gasteiger partial charge in [0.1, 0.15) is 0 Å². The van der Waals surface area contributed by atoms with Crippen molar-refractivity contribution in [1.82, 2.24) is 4.90 Å². The first-order valence-electron chi connectivity index (χ1n) is 5.56. The van der Waals surface area contributed by atoms with E-state index in [9.17, 15) is 4.79 Å². The summed E-state index contributed by atoms with van der Waals surface area (Å²) in [5, 5.41) is 9.10. The quantitative estimate of drug-likeness (QED) is 0.846. The second-order valence-electron chi connectivity index (χ2n) is 4.18. The Labute approximate surface area is 107 Å². The monoisotopic (exact) mass is 253 g/mol. The number of rotatable bonds is 6. The fourth-order valence-corrected chi connectivity index (χ4v) is 2.40. The van der Waals surface area contributed by atoms with Crippen molar-refractivity contribution in [2.45, 2.75) is 19.5 Å². The van der Waals surface area contributed by atoms with Gasteiger partial charge in [0.15, 0.2) is 0 Å². The highest BCUT2D eigenvalue weighted by molar-refractivity contribution is 7.98. The molecule has 94 valence electrons. The van der Waals surface area contributed by atoms with E-state index in [4.69, 9.17) is 5.11 Å². The van der Waals surface area contributed by atoms with Crippen LogP contribution in [0, 0.1) is 0 Å². The van der Waals surface area contributed by atoms with Crippen LogP contribution in [0.15, 0.2) is 24.3 Å². The highest BCUT2D eigenvalue weighted by atomic mass is 32.2. The maximum atomic E-state index is 11.1. The molecule has 0 spiro atoms. The molecular formula is C13H19NO2S. The molecule has 0 amide bonds. The lowest BCUT2D eigenvalue weighted by atomic mass is 10.1. The standard InChI is InChI=1S/C13H19NO2S/c1-10(9-17-3)14(2)8-11-6-4-5-7-12(11)13(15)16/h4-7,10H,8-9H2,1-3H3,(H,15,16). The van der Waals surface area contributed by atoms with Gasteiger partial charge in [-0.15, -0.1) is 0 Å². The Hall–Kier alpha value is -1.00. The second kappa shape index (κ2) is 6.67. The predicted octanol–water partition coefficient (Wildman–Crippen LogP) is 2.57. The summed E-state index contributed by atoms with van der Waals surface area (Å²) in [6.45, 7) is 2.82. The van der Waals surface area contributed by atoms with E-state index in [0.29, 0.717) is 18.2 Å². The Bertz CT molecular complexity index is 381. The predicted molar refractivity (Wildman–Crippen MR) is 72.7 cm³/mol. The van der Waals surface area contributed by atoms with E-state index in [1.165, 1.54) is 0 Å². The Balaban J connectivity index is 2.77. The number of thioether (sulfide) groups is 1. The van der Waals surface area contributed by atoms with Crippen molar-refractivity contribution in [2.24, 2.45) is 0 Å². The Morgan fingerprint density at radius 3 is 2.71 bits per heavy atom. The third-order valence-corrected chi connectivity index (χ3v) is 3.64. The van der Waals surface area contributed by atoms with Gasteiger partial charge in [-0.05, 0) is 31.9 Å². The van der Waals surface area contributed by atoms with Crippen molar-refractivity contribution < 1.29 is 9.90 Å². The largest absolute Gasteiger partial charge is 0.478 e. The molecule has 1 rings (SSSR count). The average Bonchev–Trinajstić information content (AvgIpc) is 2.29. The van der Waals surface area contributed by atoms with Gasteiger partial charge < -0.3 is 5.11 Å². The molecule has 0 aliphatic rings. The zero-order valence-electron chi connectivity index (χ0n) is 10.5. The highest BCUT2D eigenvalue weighted by Crippen LogP contribution is 2.13. The summed E-state index contributed by atoms with van der Waals surface area (Å²) in [7, 11) is 2.03. The molecule has 1 atom stereocenters. The topological polar surface area (TPSA) is 40.5 Å². The van der Waals surface area contributed by atoms with Crippen molar-refractivity contribution in [1.29, 1.82) is 0 Å². The van der Waals surface area contributed by atoms with Gasteiger partial charge in [0, 0.05) is 18.3 Å². The zero-order valence-corrected chi connectivity index (χ0v) is 11.3. The van der Waals surface area contributed by atoms with Gasteiger partial charge in [0.25, 0.3) is 0 Å². The molecule has 0 saturated heterocycles. The summed E-state index contributed by atoms with van der Waals surface area (Å²) in [4.78, 5) is 13.3. The summed E-state index contributed by atoms with van der Waals surface area (Å²) in [5.41, 5.74) is 1.27. The molecule has 1 unspecified atom stereocenters. The number of benzene rings is 1. The van der Waals surface area contributed by atoms with Gasteiger partial charge >= 0.3 is 5.97 Å². The molecular weight excluding hydrogens is 234 g/mol. The first-order chi connectivity index (χ1) is 8.06. The second-order valence-corrected chi connectivity index (χ2v) is 5.09. The molecule has 0 fully saturated rings. The lowest BCUT2D eigenvalue weighted by molar-refractivity contribution is 0.0694. The van der Waals surface area contributed by atoms with Crippen LogP contribution in [0.3, 0.4) is 0 Å². The summed E-state index contributed by atoms with van der Waals surface area (Å²) >= 11 is 1.80. The molecule has 4 heteroatoms. The van der Waals surface area contributed by atoms with Crippen LogP contribution in [0.5, 0.6) is 0 Å². The number of carbonyl (C=O) groups is 1. The number of hydrogen-bond acceptors (Lipinski definition) is 3. The Morgan fingerprint density at radius 2 is 2.12 bits per heavy atom. The SMILES string of the molecule is CSCC(C)N(C)Cc1ccccc1C(=O)O. The van der Waals surface area contributed by atoms with Gasteiger partial charge in [0.05, 0.1) is 5.56 Å². The lowest BCUT2D eigenvalue weighted by Gasteiger charge is -2.24. The van der Waals surface area contributed by atoms with Crippen LogP contribution >= 0.6 is 11.8 Å². The number of carboxylic acids is 1. The minimum absolute atomic E-state index is 0.399. The van der Waals surface area contributed by atoms with E-state index < -0.39 is 5.97 Å². The van der Waals surface area contributed by atoms with Crippen LogP contribution in [-0.2, 0) is 6.54 Å². The molecule has 0 bridgehead atoms. The van der Waals surface area contributed by atoms with Crippen molar-refractivity contribution in [2.75, 3.05) is 19.1 Å². The van der Waals surface area contributed by atoms with Crippen molar-refractivity contribution in [3.8, 4) is 0 Å². The van der Waals surface area contributed by atoms with Gasteiger partial charge in [-0.25, -0.2) is 4.79 Å². The number of aromatic carboxylic acids is 1. The van der Waals surface area contributed by atoms with Crippen molar-refractivity contribution in [3.05, 3.63) is 35.4 Å².